The van der Waals surface area contributed by atoms with Crippen LogP contribution in [0, 0.1) is 13.8 Å². The maximum atomic E-state index is 12.7. The van der Waals surface area contributed by atoms with E-state index in [4.69, 9.17) is 5.73 Å². The highest BCUT2D eigenvalue weighted by molar-refractivity contribution is 5.97. The standard InChI is InChI=1S/C25H30N4O3/c1-15-9-19(30)10-16(2)20(15)12-21(26)24(32)29-25(3,4)14-28-23(31)18-11-17-7-5-6-8-22(17)27-13-18/h5-11,13,21,30H,12,14,26H2,1-4H3,(H,28,31)(H,29,32)/t21-/m0/s1. The predicted octanol–water partition coefficient (Wildman–Crippen LogP) is 2.75. The second-order valence-corrected chi connectivity index (χ2v) is 8.84. The van der Waals surface area contributed by atoms with Crippen LogP contribution >= 0.6 is 0 Å². The average Bonchev–Trinajstić information content (AvgIpc) is 2.73. The minimum atomic E-state index is -0.753. The van der Waals surface area contributed by atoms with Crippen molar-refractivity contribution >= 4 is 22.7 Å². The zero-order chi connectivity index (χ0) is 23.5. The number of aromatic hydroxyl groups is 1. The van der Waals surface area contributed by atoms with Crippen molar-refractivity contribution in [2.75, 3.05) is 6.54 Å². The lowest BCUT2D eigenvalue weighted by Gasteiger charge is -2.28. The molecular formula is C25H30N4O3. The van der Waals surface area contributed by atoms with E-state index in [1.807, 2.05) is 52.0 Å². The van der Waals surface area contributed by atoms with Crippen LogP contribution in [0.25, 0.3) is 10.9 Å². The van der Waals surface area contributed by atoms with Crippen molar-refractivity contribution in [2.24, 2.45) is 5.73 Å². The zero-order valence-corrected chi connectivity index (χ0v) is 18.9. The summed E-state index contributed by atoms with van der Waals surface area (Å²) in [5.41, 5.74) is 9.47. The van der Waals surface area contributed by atoms with Crippen LogP contribution in [0.3, 0.4) is 0 Å². The third-order valence-corrected chi connectivity index (χ3v) is 5.45. The first-order valence-electron chi connectivity index (χ1n) is 10.6. The number of para-hydroxylation sites is 1. The molecule has 1 heterocycles. The van der Waals surface area contributed by atoms with Gasteiger partial charge < -0.3 is 21.5 Å². The van der Waals surface area contributed by atoms with Gasteiger partial charge in [-0.05, 0) is 75.1 Å². The molecule has 0 saturated carbocycles. The van der Waals surface area contributed by atoms with Gasteiger partial charge in [-0.2, -0.15) is 0 Å². The Morgan fingerprint density at radius 2 is 1.78 bits per heavy atom. The topological polar surface area (TPSA) is 117 Å². The number of nitrogens with zero attached hydrogens (tertiary/aromatic N) is 1. The largest absolute Gasteiger partial charge is 0.508 e. The Bertz CT molecular complexity index is 1130. The molecule has 3 aromatic rings. The molecular weight excluding hydrogens is 404 g/mol. The van der Waals surface area contributed by atoms with Gasteiger partial charge >= 0.3 is 0 Å². The lowest BCUT2D eigenvalue weighted by Crippen LogP contribution is -2.56. The molecule has 2 aromatic carbocycles. The SMILES string of the molecule is Cc1cc(O)cc(C)c1C[C@H](N)C(=O)NC(C)(C)CNC(=O)c1cnc2ccccc2c1. The molecule has 3 rings (SSSR count). The molecule has 7 nitrogen and oxygen atoms in total. The molecule has 0 radical (unpaired) electrons. The van der Waals surface area contributed by atoms with E-state index in [2.05, 4.69) is 15.6 Å². The maximum absolute atomic E-state index is 12.7. The molecule has 0 unspecified atom stereocenters. The first kappa shape index (κ1) is 23.2. The Balaban J connectivity index is 1.58. The van der Waals surface area contributed by atoms with E-state index < -0.39 is 11.6 Å². The highest BCUT2D eigenvalue weighted by atomic mass is 16.3. The van der Waals surface area contributed by atoms with Gasteiger partial charge in [0.25, 0.3) is 5.91 Å². The normalized spacial score (nSPS) is 12.4. The van der Waals surface area contributed by atoms with Crippen molar-refractivity contribution in [1.29, 1.82) is 0 Å². The maximum Gasteiger partial charge on any atom is 0.252 e. The number of pyridine rings is 1. The first-order chi connectivity index (χ1) is 15.1. The summed E-state index contributed by atoms with van der Waals surface area (Å²) in [6, 6.07) is 12.0. The highest BCUT2D eigenvalue weighted by Gasteiger charge is 2.25. The van der Waals surface area contributed by atoms with Crippen LogP contribution in [0.2, 0.25) is 0 Å². The minimum Gasteiger partial charge on any atom is -0.508 e. The van der Waals surface area contributed by atoms with Crippen molar-refractivity contribution in [2.45, 2.75) is 45.7 Å². The Kier molecular flexibility index (Phi) is 6.79. The minimum absolute atomic E-state index is 0.195. The molecule has 0 spiro atoms. The summed E-state index contributed by atoms with van der Waals surface area (Å²) < 4.78 is 0. The summed E-state index contributed by atoms with van der Waals surface area (Å²) >= 11 is 0. The number of carbonyl (C=O) groups is 2. The van der Waals surface area contributed by atoms with E-state index in [1.165, 1.54) is 0 Å². The number of nitrogens with one attached hydrogen (secondary N) is 2. The molecule has 0 fully saturated rings. The number of phenolic OH excluding ortho intramolecular Hbond substituents is 1. The Morgan fingerprint density at radius 3 is 2.47 bits per heavy atom. The van der Waals surface area contributed by atoms with Crippen LogP contribution in [0.4, 0.5) is 0 Å². The van der Waals surface area contributed by atoms with Gasteiger partial charge in [0.15, 0.2) is 0 Å². The number of nitrogens with two attached hydrogens (primary N) is 1. The van der Waals surface area contributed by atoms with E-state index in [0.29, 0.717) is 12.0 Å². The summed E-state index contributed by atoms with van der Waals surface area (Å²) in [6.07, 6.45) is 1.90. The van der Waals surface area contributed by atoms with Gasteiger partial charge in [0.1, 0.15) is 5.75 Å². The predicted molar refractivity (Wildman–Crippen MR) is 126 cm³/mol. The lowest BCUT2D eigenvalue weighted by molar-refractivity contribution is -0.123. The molecule has 0 aliphatic rings. The molecule has 1 atom stereocenters. The van der Waals surface area contributed by atoms with Crippen LogP contribution in [0.15, 0.2) is 48.7 Å². The molecule has 1 aromatic heterocycles. The van der Waals surface area contributed by atoms with Crippen molar-refractivity contribution in [3.05, 3.63) is 70.9 Å². The van der Waals surface area contributed by atoms with Crippen LogP contribution in [0.1, 0.15) is 40.9 Å². The van der Waals surface area contributed by atoms with Crippen molar-refractivity contribution < 1.29 is 14.7 Å². The third-order valence-electron chi connectivity index (χ3n) is 5.45. The number of benzene rings is 2. The Labute approximate surface area is 188 Å². The molecule has 5 N–H and O–H groups in total. The molecule has 0 aliphatic heterocycles. The molecule has 0 bridgehead atoms. The van der Waals surface area contributed by atoms with Crippen molar-refractivity contribution in [1.82, 2.24) is 15.6 Å². The smallest absolute Gasteiger partial charge is 0.252 e. The number of fused-ring (bicyclic) bond motifs is 1. The fourth-order valence-corrected chi connectivity index (χ4v) is 3.67. The monoisotopic (exact) mass is 434 g/mol. The molecule has 2 amide bonds. The van der Waals surface area contributed by atoms with Crippen LogP contribution in [-0.2, 0) is 11.2 Å². The van der Waals surface area contributed by atoms with Gasteiger partial charge in [0.2, 0.25) is 5.91 Å². The highest BCUT2D eigenvalue weighted by Crippen LogP contribution is 2.22. The van der Waals surface area contributed by atoms with Gasteiger partial charge in [-0.15, -0.1) is 0 Å². The van der Waals surface area contributed by atoms with E-state index in [0.717, 1.165) is 27.6 Å². The lowest BCUT2D eigenvalue weighted by atomic mass is 9.95. The fourth-order valence-electron chi connectivity index (χ4n) is 3.67. The second kappa shape index (κ2) is 9.36. The van der Waals surface area contributed by atoms with Gasteiger partial charge in [-0.3, -0.25) is 14.6 Å². The Morgan fingerprint density at radius 1 is 1.12 bits per heavy atom. The summed E-state index contributed by atoms with van der Waals surface area (Å²) in [4.78, 5) is 29.6. The van der Waals surface area contributed by atoms with Crippen LogP contribution < -0.4 is 16.4 Å². The van der Waals surface area contributed by atoms with E-state index >= 15 is 0 Å². The molecule has 0 saturated heterocycles. The molecule has 0 aliphatic carbocycles. The third kappa shape index (κ3) is 5.62. The zero-order valence-electron chi connectivity index (χ0n) is 18.9. The van der Waals surface area contributed by atoms with Crippen LogP contribution in [-0.4, -0.2) is 40.0 Å². The van der Waals surface area contributed by atoms with E-state index in [9.17, 15) is 14.7 Å². The van der Waals surface area contributed by atoms with Gasteiger partial charge in [0.05, 0.1) is 22.7 Å². The van der Waals surface area contributed by atoms with E-state index in [-0.39, 0.29) is 24.1 Å². The van der Waals surface area contributed by atoms with Crippen molar-refractivity contribution in [3.8, 4) is 5.75 Å². The van der Waals surface area contributed by atoms with Crippen molar-refractivity contribution in [3.63, 3.8) is 0 Å². The van der Waals surface area contributed by atoms with Gasteiger partial charge in [-0.25, -0.2) is 0 Å². The number of amides is 2. The summed E-state index contributed by atoms with van der Waals surface area (Å²) in [6.45, 7) is 7.65. The molecule has 32 heavy (non-hydrogen) atoms. The van der Waals surface area contributed by atoms with Crippen LogP contribution in [0.5, 0.6) is 5.75 Å². The quantitative estimate of drug-likeness (QED) is 0.456. The molecule has 7 heteroatoms. The number of hydrogen-bond donors (Lipinski definition) is 4. The average molecular weight is 435 g/mol. The number of aromatic nitrogens is 1. The number of carbonyl (C=O) groups excluding carboxylic acids is 2. The summed E-state index contributed by atoms with van der Waals surface area (Å²) in [5, 5.41) is 16.4. The summed E-state index contributed by atoms with van der Waals surface area (Å²) in [7, 11) is 0. The number of rotatable bonds is 7. The fraction of sp³-hybridized carbons (Fsp3) is 0.320. The Hall–Kier alpha value is -3.45. The number of hydrogen-bond acceptors (Lipinski definition) is 5. The molecule has 168 valence electrons. The van der Waals surface area contributed by atoms with Gasteiger partial charge in [-0.1, -0.05) is 18.2 Å². The number of phenols is 1. The van der Waals surface area contributed by atoms with E-state index in [1.54, 1.807) is 24.4 Å². The summed E-state index contributed by atoms with van der Waals surface area (Å²) in [5.74, 6) is -0.367. The number of aryl methyl sites for hydroxylation is 2. The van der Waals surface area contributed by atoms with Gasteiger partial charge in [0, 0.05) is 18.1 Å². The second-order valence-electron chi connectivity index (χ2n) is 8.84. The first-order valence-corrected chi connectivity index (χ1v) is 10.6.